The molecule has 10 nitrogen and oxygen atoms in total. The molecule has 0 aliphatic heterocycles. The number of carbonyl (C=O) groups is 2. The molecule has 1 saturated carbocycles. The first-order valence-electron chi connectivity index (χ1n) is 12.3. The Kier molecular flexibility index (Phi) is 10.1. The molecule has 3 unspecified atom stereocenters. The van der Waals surface area contributed by atoms with Crippen LogP contribution in [-0.4, -0.2) is 43.2 Å². The van der Waals surface area contributed by atoms with Gasteiger partial charge in [-0.1, -0.05) is 36.3 Å². The van der Waals surface area contributed by atoms with E-state index in [9.17, 15) is 9.59 Å². The van der Waals surface area contributed by atoms with Crippen molar-refractivity contribution in [1.82, 2.24) is 25.5 Å². The summed E-state index contributed by atoms with van der Waals surface area (Å²) in [6.45, 7) is 0. The summed E-state index contributed by atoms with van der Waals surface area (Å²) in [5.74, 6) is 1.13. The molecule has 0 spiro atoms. The van der Waals surface area contributed by atoms with Crippen molar-refractivity contribution in [3.8, 4) is 0 Å². The number of anilines is 1. The van der Waals surface area contributed by atoms with Crippen LogP contribution in [-0.2, 0) is 22.4 Å². The molecule has 194 valence electrons. The first-order chi connectivity index (χ1) is 18.1. The van der Waals surface area contributed by atoms with E-state index < -0.39 is 5.50 Å². The van der Waals surface area contributed by atoms with Crippen molar-refractivity contribution >= 4 is 40.0 Å². The van der Waals surface area contributed by atoms with Gasteiger partial charge >= 0.3 is 0 Å². The number of amides is 2. The zero-order valence-corrected chi connectivity index (χ0v) is 22.0. The fourth-order valence-electron chi connectivity index (χ4n) is 4.31. The average Bonchev–Trinajstić information content (AvgIpc) is 3.23. The van der Waals surface area contributed by atoms with E-state index in [2.05, 4.69) is 35.9 Å². The number of carbonyl (C=O) groups excluding carboxylic acids is 2. The molecule has 1 fully saturated rings. The molecule has 1 aliphatic rings. The molecule has 3 atom stereocenters. The standard InChI is InChI=1S/C25H30N8O2S2/c26-31-24(29-21(34)14-19-9-3-5-11-27-19)36-16-17-7-1-2-8-18(13-17)23-32-33-25(37-23)30-22(35)15-20-10-4-6-12-28-20/h3-6,9-12,17-18,24,26H,1-2,7-8,13-16H2,(H,29,34)(H,30,33,35). The Morgan fingerprint density at radius 3 is 2.41 bits per heavy atom. The number of thioether (sulfide) groups is 1. The fraction of sp³-hybridized carbons (Fsp3) is 0.440. The van der Waals surface area contributed by atoms with Gasteiger partial charge in [-0.3, -0.25) is 19.6 Å². The molecule has 12 heteroatoms. The number of hydrogen-bond acceptors (Lipinski definition) is 10. The Balaban J connectivity index is 1.26. The Morgan fingerprint density at radius 2 is 1.73 bits per heavy atom. The van der Waals surface area contributed by atoms with Crippen LogP contribution in [0.25, 0.3) is 0 Å². The molecule has 3 aromatic heterocycles. The lowest BCUT2D eigenvalue weighted by molar-refractivity contribution is -0.120. The zero-order chi connectivity index (χ0) is 25.9. The van der Waals surface area contributed by atoms with E-state index in [1.165, 1.54) is 23.1 Å². The van der Waals surface area contributed by atoms with Crippen molar-refractivity contribution in [1.29, 1.82) is 5.53 Å². The molecule has 0 saturated heterocycles. The van der Waals surface area contributed by atoms with Crippen LogP contribution in [0.3, 0.4) is 0 Å². The predicted octanol–water partition coefficient (Wildman–Crippen LogP) is 4.58. The summed E-state index contributed by atoms with van der Waals surface area (Å²) < 4.78 is 0. The van der Waals surface area contributed by atoms with Crippen LogP contribution in [0.4, 0.5) is 5.13 Å². The predicted molar refractivity (Wildman–Crippen MR) is 143 cm³/mol. The molecular formula is C25H30N8O2S2. The van der Waals surface area contributed by atoms with Gasteiger partial charge in [0.2, 0.25) is 16.9 Å². The van der Waals surface area contributed by atoms with E-state index in [4.69, 9.17) is 5.53 Å². The number of hydrogen-bond donors (Lipinski definition) is 3. The molecule has 2 amide bonds. The molecule has 0 aromatic carbocycles. The Labute approximate surface area is 224 Å². The van der Waals surface area contributed by atoms with Gasteiger partial charge in [0.1, 0.15) is 5.01 Å². The minimum atomic E-state index is -0.611. The van der Waals surface area contributed by atoms with E-state index in [0.29, 0.717) is 22.4 Å². The van der Waals surface area contributed by atoms with Gasteiger partial charge in [0, 0.05) is 35.5 Å². The second-order valence-corrected chi connectivity index (χ2v) is 11.1. The largest absolute Gasteiger partial charge is 0.324 e. The van der Waals surface area contributed by atoms with Crippen LogP contribution in [0.15, 0.2) is 53.9 Å². The van der Waals surface area contributed by atoms with E-state index in [0.717, 1.165) is 42.9 Å². The van der Waals surface area contributed by atoms with Gasteiger partial charge in [-0.15, -0.1) is 22.0 Å². The zero-order valence-electron chi connectivity index (χ0n) is 20.4. The maximum absolute atomic E-state index is 12.4. The van der Waals surface area contributed by atoms with Crippen molar-refractivity contribution in [2.75, 3.05) is 11.1 Å². The monoisotopic (exact) mass is 538 g/mol. The quantitative estimate of drug-likeness (QED) is 0.184. The van der Waals surface area contributed by atoms with Crippen molar-refractivity contribution in [2.24, 2.45) is 11.0 Å². The lowest BCUT2D eigenvalue weighted by Crippen LogP contribution is -2.33. The topological polar surface area (TPSA) is 146 Å². The summed E-state index contributed by atoms with van der Waals surface area (Å²) in [4.78, 5) is 33.1. The van der Waals surface area contributed by atoms with Crippen molar-refractivity contribution in [3.63, 3.8) is 0 Å². The molecule has 1 aliphatic carbocycles. The lowest BCUT2D eigenvalue weighted by Gasteiger charge is -2.20. The third-order valence-corrected chi connectivity index (χ3v) is 8.30. The number of aromatic nitrogens is 4. The summed E-state index contributed by atoms with van der Waals surface area (Å²) >= 11 is 2.92. The maximum atomic E-state index is 12.4. The Hall–Kier alpha value is -3.25. The molecule has 4 rings (SSSR count). The highest BCUT2D eigenvalue weighted by atomic mass is 32.2. The Bertz CT molecular complexity index is 1160. The van der Waals surface area contributed by atoms with Gasteiger partial charge in [0.05, 0.1) is 12.8 Å². The van der Waals surface area contributed by atoms with Crippen LogP contribution in [0.1, 0.15) is 54.4 Å². The van der Waals surface area contributed by atoms with Gasteiger partial charge in [-0.2, -0.15) is 5.11 Å². The van der Waals surface area contributed by atoms with Crippen LogP contribution < -0.4 is 10.6 Å². The molecule has 37 heavy (non-hydrogen) atoms. The normalized spacial score (nSPS) is 18.4. The maximum Gasteiger partial charge on any atom is 0.232 e. The van der Waals surface area contributed by atoms with Gasteiger partial charge < -0.3 is 10.6 Å². The van der Waals surface area contributed by atoms with E-state index in [-0.39, 0.29) is 30.6 Å². The van der Waals surface area contributed by atoms with Crippen molar-refractivity contribution < 1.29 is 9.59 Å². The number of pyridine rings is 2. The molecule has 3 N–H and O–H groups in total. The minimum Gasteiger partial charge on any atom is -0.324 e. The van der Waals surface area contributed by atoms with E-state index in [1.54, 1.807) is 18.5 Å². The van der Waals surface area contributed by atoms with Crippen molar-refractivity contribution in [3.05, 3.63) is 65.2 Å². The first-order valence-corrected chi connectivity index (χ1v) is 14.2. The summed E-state index contributed by atoms with van der Waals surface area (Å²) in [6, 6.07) is 10.9. The highest BCUT2D eigenvalue weighted by Crippen LogP contribution is 2.38. The van der Waals surface area contributed by atoms with Gasteiger partial charge in [-0.05, 0) is 49.4 Å². The third-order valence-electron chi connectivity index (χ3n) is 6.10. The molecule has 0 radical (unpaired) electrons. The molecule has 3 aromatic rings. The van der Waals surface area contributed by atoms with Gasteiger partial charge in [0.15, 0.2) is 5.50 Å². The van der Waals surface area contributed by atoms with E-state index in [1.807, 2.05) is 30.3 Å². The smallest absolute Gasteiger partial charge is 0.232 e. The van der Waals surface area contributed by atoms with Crippen LogP contribution in [0.5, 0.6) is 0 Å². The summed E-state index contributed by atoms with van der Waals surface area (Å²) in [5.41, 5.74) is 8.30. The number of rotatable bonds is 11. The van der Waals surface area contributed by atoms with Gasteiger partial charge in [0.25, 0.3) is 0 Å². The highest BCUT2D eigenvalue weighted by Gasteiger charge is 2.26. The van der Waals surface area contributed by atoms with Crippen LogP contribution >= 0.6 is 23.1 Å². The van der Waals surface area contributed by atoms with Crippen molar-refractivity contribution in [2.45, 2.75) is 56.4 Å². The summed E-state index contributed by atoms with van der Waals surface area (Å²) in [6.07, 6.45) is 8.99. The van der Waals surface area contributed by atoms with Crippen LogP contribution in [0.2, 0.25) is 0 Å². The SMILES string of the molecule is N=NC(NC(=O)Cc1ccccn1)SCC1CCCCC(c2nnc(NC(=O)Cc3ccccn3)s2)C1. The number of nitrogens with one attached hydrogen (secondary N) is 3. The second-order valence-electron chi connectivity index (χ2n) is 8.95. The minimum absolute atomic E-state index is 0.160. The fourth-order valence-corrected chi connectivity index (χ4v) is 6.27. The first kappa shape index (κ1) is 26.8. The summed E-state index contributed by atoms with van der Waals surface area (Å²) in [7, 11) is 0. The van der Waals surface area contributed by atoms with E-state index >= 15 is 0 Å². The lowest BCUT2D eigenvalue weighted by atomic mass is 9.95. The Morgan fingerprint density at radius 1 is 1.03 bits per heavy atom. The molecule has 0 bridgehead atoms. The van der Waals surface area contributed by atoms with Gasteiger partial charge in [-0.25, -0.2) is 5.53 Å². The summed E-state index contributed by atoms with van der Waals surface area (Å²) in [5, 5.41) is 19.3. The average molecular weight is 539 g/mol. The third kappa shape index (κ3) is 8.67. The molecular weight excluding hydrogens is 508 g/mol. The molecule has 3 heterocycles. The van der Waals surface area contributed by atoms with Crippen LogP contribution in [0, 0.1) is 11.4 Å². The number of nitrogens with zero attached hydrogens (tertiary/aromatic N) is 5. The highest BCUT2D eigenvalue weighted by molar-refractivity contribution is 7.99. The second kappa shape index (κ2) is 13.9.